The Balaban J connectivity index is 1.90. The highest BCUT2D eigenvalue weighted by molar-refractivity contribution is 5.66. The molecule has 0 bridgehead atoms. The molecule has 20 heavy (non-hydrogen) atoms. The normalized spacial score (nSPS) is 14.2. The lowest BCUT2D eigenvalue weighted by atomic mass is 10.1. The van der Waals surface area contributed by atoms with E-state index in [0.717, 1.165) is 24.2 Å². The molecule has 1 N–H and O–H groups in total. The fourth-order valence-corrected chi connectivity index (χ4v) is 2.43. The lowest BCUT2D eigenvalue weighted by Crippen LogP contribution is -2.23. The monoisotopic (exact) mass is 273 g/mol. The maximum Gasteiger partial charge on any atom is 0.258 e. The zero-order valence-corrected chi connectivity index (χ0v) is 12.1. The van der Waals surface area contributed by atoms with Crippen LogP contribution in [0.25, 0.3) is 11.5 Å². The van der Waals surface area contributed by atoms with Crippen LogP contribution in [-0.4, -0.2) is 23.3 Å². The van der Waals surface area contributed by atoms with Crippen LogP contribution < -0.4 is 5.32 Å². The molecule has 1 aromatic carbocycles. The number of benzene rings is 1. The topological polar surface area (TPSA) is 60.2 Å². The van der Waals surface area contributed by atoms with Gasteiger partial charge in [-0.3, -0.25) is 0 Å². The van der Waals surface area contributed by atoms with Crippen molar-refractivity contribution in [2.45, 2.75) is 32.8 Å². The van der Waals surface area contributed by atoms with E-state index in [-0.39, 0.29) is 0 Å². The van der Waals surface area contributed by atoms with Crippen molar-refractivity contribution in [1.29, 1.82) is 0 Å². The van der Waals surface area contributed by atoms with Gasteiger partial charge in [0.05, 0.1) is 0 Å². The third-order valence-corrected chi connectivity index (χ3v) is 3.54. The van der Waals surface area contributed by atoms with Gasteiger partial charge in [0.15, 0.2) is 0 Å². The highest BCUT2D eigenvalue weighted by Gasteiger charge is 2.27. The molecule has 106 valence electrons. The largest absolute Gasteiger partial charge is 0.384 e. The van der Waals surface area contributed by atoms with Crippen molar-refractivity contribution in [2.24, 2.45) is 0 Å². The maximum absolute atomic E-state index is 5.64. The molecule has 3 rings (SSSR count). The maximum atomic E-state index is 5.64. The van der Waals surface area contributed by atoms with Crippen LogP contribution in [0, 0.1) is 0 Å². The summed E-state index contributed by atoms with van der Waals surface area (Å²) < 4.78 is 11.0. The van der Waals surface area contributed by atoms with Gasteiger partial charge in [-0.15, -0.1) is 0 Å². The minimum Gasteiger partial charge on any atom is -0.384 e. The zero-order chi connectivity index (χ0) is 14.2. The molecule has 2 aromatic rings. The number of anilines is 1. The summed E-state index contributed by atoms with van der Waals surface area (Å²) in [7, 11) is 0. The molecular weight excluding hydrogens is 254 g/mol. The molecule has 5 nitrogen and oxygen atoms in total. The standard InChI is InChI=1S/C15H19N3O2/c1-4-19-15(2,3)14-17-13(20-18-14)11-6-5-10-7-8-16-12(10)9-11/h5-6,9,16H,4,7-8H2,1-3H3. The molecule has 0 unspecified atom stereocenters. The van der Waals surface area contributed by atoms with Gasteiger partial charge < -0.3 is 14.6 Å². The van der Waals surface area contributed by atoms with Gasteiger partial charge in [-0.25, -0.2) is 0 Å². The van der Waals surface area contributed by atoms with Crippen LogP contribution >= 0.6 is 0 Å². The molecule has 1 aliphatic rings. The number of hydrogen-bond acceptors (Lipinski definition) is 5. The quantitative estimate of drug-likeness (QED) is 0.928. The van der Waals surface area contributed by atoms with E-state index in [0.29, 0.717) is 18.3 Å². The van der Waals surface area contributed by atoms with Crippen LogP contribution in [0.3, 0.4) is 0 Å². The van der Waals surface area contributed by atoms with Gasteiger partial charge in [-0.1, -0.05) is 11.2 Å². The third kappa shape index (κ3) is 2.29. The Morgan fingerprint density at radius 3 is 3.05 bits per heavy atom. The van der Waals surface area contributed by atoms with Gasteiger partial charge in [0.25, 0.3) is 5.89 Å². The second-order valence-corrected chi connectivity index (χ2v) is 5.42. The summed E-state index contributed by atoms with van der Waals surface area (Å²) in [5, 5.41) is 7.40. The predicted octanol–water partition coefficient (Wildman–Crippen LogP) is 2.98. The highest BCUT2D eigenvalue weighted by atomic mass is 16.5. The Hall–Kier alpha value is -1.88. The molecule has 0 saturated heterocycles. The van der Waals surface area contributed by atoms with Gasteiger partial charge >= 0.3 is 0 Å². The van der Waals surface area contributed by atoms with Crippen LogP contribution in [0.2, 0.25) is 0 Å². The van der Waals surface area contributed by atoms with E-state index >= 15 is 0 Å². The van der Waals surface area contributed by atoms with Crippen molar-refractivity contribution < 1.29 is 9.26 Å². The SMILES string of the molecule is CCOC(C)(C)c1noc(-c2ccc3c(c2)NCC3)n1. The van der Waals surface area contributed by atoms with E-state index in [1.54, 1.807) is 0 Å². The van der Waals surface area contributed by atoms with Crippen LogP contribution in [0.4, 0.5) is 5.69 Å². The first-order chi connectivity index (χ1) is 9.60. The van der Waals surface area contributed by atoms with Crippen molar-refractivity contribution in [3.8, 4) is 11.5 Å². The van der Waals surface area contributed by atoms with Gasteiger partial charge in [-0.2, -0.15) is 4.98 Å². The molecule has 0 radical (unpaired) electrons. The Morgan fingerprint density at radius 2 is 2.25 bits per heavy atom. The van der Waals surface area contributed by atoms with Crippen molar-refractivity contribution in [3.63, 3.8) is 0 Å². The Labute approximate surface area is 118 Å². The first kappa shape index (κ1) is 13.1. The second-order valence-electron chi connectivity index (χ2n) is 5.42. The molecule has 1 aromatic heterocycles. The number of rotatable bonds is 4. The number of nitrogens with zero attached hydrogens (tertiary/aromatic N) is 2. The van der Waals surface area contributed by atoms with Crippen molar-refractivity contribution in [2.75, 3.05) is 18.5 Å². The van der Waals surface area contributed by atoms with Gasteiger partial charge in [0.1, 0.15) is 5.60 Å². The summed E-state index contributed by atoms with van der Waals surface area (Å²) in [6, 6.07) is 6.20. The molecule has 5 heteroatoms. The number of nitrogens with one attached hydrogen (secondary N) is 1. The van der Waals surface area contributed by atoms with E-state index in [1.165, 1.54) is 5.56 Å². The van der Waals surface area contributed by atoms with Crippen molar-refractivity contribution in [3.05, 3.63) is 29.6 Å². The van der Waals surface area contributed by atoms with E-state index in [9.17, 15) is 0 Å². The van der Waals surface area contributed by atoms with E-state index in [1.807, 2.05) is 26.8 Å². The Kier molecular flexibility index (Phi) is 3.22. The highest BCUT2D eigenvalue weighted by Crippen LogP contribution is 2.30. The number of hydrogen-bond donors (Lipinski definition) is 1. The average Bonchev–Trinajstić information content (AvgIpc) is 3.07. The fourth-order valence-electron chi connectivity index (χ4n) is 2.43. The summed E-state index contributed by atoms with van der Waals surface area (Å²) in [5.41, 5.74) is 2.89. The minimum absolute atomic E-state index is 0.532. The summed E-state index contributed by atoms with van der Waals surface area (Å²) in [6.45, 7) is 7.44. The molecule has 0 fully saturated rings. The summed E-state index contributed by atoms with van der Waals surface area (Å²) in [6.07, 6.45) is 1.07. The van der Waals surface area contributed by atoms with Crippen LogP contribution in [-0.2, 0) is 16.8 Å². The van der Waals surface area contributed by atoms with Crippen LogP contribution in [0.15, 0.2) is 22.7 Å². The minimum atomic E-state index is -0.536. The summed E-state index contributed by atoms with van der Waals surface area (Å²) in [4.78, 5) is 4.47. The predicted molar refractivity (Wildman–Crippen MR) is 76.6 cm³/mol. The fraction of sp³-hybridized carbons (Fsp3) is 0.467. The molecule has 0 saturated carbocycles. The summed E-state index contributed by atoms with van der Waals surface area (Å²) >= 11 is 0. The Morgan fingerprint density at radius 1 is 1.40 bits per heavy atom. The number of aromatic nitrogens is 2. The second kappa shape index (κ2) is 4.90. The lowest BCUT2D eigenvalue weighted by molar-refractivity contribution is -0.0221. The van der Waals surface area contributed by atoms with Crippen molar-refractivity contribution in [1.82, 2.24) is 10.1 Å². The Bertz CT molecular complexity index is 619. The number of fused-ring (bicyclic) bond motifs is 1. The van der Waals surface area contributed by atoms with E-state index in [4.69, 9.17) is 9.26 Å². The lowest BCUT2D eigenvalue weighted by Gasteiger charge is -2.19. The first-order valence-electron chi connectivity index (χ1n) is 6.95. The first-order valence-corrected chi connectivity index (χ1v) is 6.95. The number of ether oxygens (including phenoxy) is 1. The average molecular weight is 273 g/mol. The van der Waals surface area contributed by atoms with Gasteiger partial charge in [-0.05, 0) is 44.9 Å². The van der Waals surface area contributed by atoms with Gasteiger partial charge in [0.2, 0.25) is 5.82 Å². The van der Waals surface area contributed by atoms with E-state index < -0.39 is 5.60 Å². The van der Waals surface area contributed by atoms with Crippen LogP contribution in [0.5, 0.6) is 0 Å². The molecule has 1 aliphatic heterocycles. The smallest absolute Gasteiger partial charge is 0.258 e. The molecule has 0 amide bonds. The third-order valence-electron chi connectivity index (χ3n) is 3.54. The zero-order valence-electron chi connectivity index (χ0n) is 12.1. The van der Waals surface area contributed by atoms with Crippen LogP contribution in [0.1, 0.15) is 32.2 Å². The van der Waals surface area contributed by atoms with E-state index in [2.05, 4.69) is 27.6 Å². The van der Waals surface area contributed by atoms with Crippen molar-refractivity contribution >= 4 is 5.69 Å². The molecule has 0 atom stereocenters. The molecular formula is C15H19N3O2. The van der Waals surface area contributed by atoms with Gasteiger partial charge in [0, 0.05) is 24.4 Å². The summed E-state index contributed by atoms with van der Waals surface area (Å²) in [5.74, 6) is 1.10. The molecule has 2 heterocycles. The molecule has 0 spiro atoms. The molecule has 0 aliphatic carbocycles.